The fraction of sp³-hybridized carbons (Fsp3) is 0.300. The smallest absolute Gasteiger partial charge is 0.0946 e. The third-order valence-corrected chi connectivity index (χ3v) is 3.16. The van der Waals surface area contributed by atoms with E-state index in [-0.39, 0.29) is 6.04 Å². The van der Waals surface area contributed by atoms with Crippen LogP contribution in [0.25, 0.3) is 0 Å². The Bertz CT molecular complexity index is 430. The molecular weight excluding hydrogens is 194 g/mol. The predicted molar refractivity (Wildman–Crippen MR) is 58.3 cm³/mol. The van der Waals surface area contributed by atoms with Crippen LogP contribution in [0.1, 0.15) is 22.2 Å². The van der Waals surface area contributed by atoms with Crippen LogP contribution in [0.3, 0.4) is 0 Å². The van der Waals surface area contributed by atoms with Gasteiger partial charge in [0.05, 0.1) is 24.3 Å². The van der Waals surface area contributed by atoms with Crippen molar-refractivity contribution in [3.8, 4) is 0 Å². The molecule has 3 nitrogen and oxygen atoms in total. The van der Waals surface area contributed by atoms with Gasteiger partial charge in [-0.05, 0) is 23.9 Å². The summed E-state index contributed by atoms with van der Waals surface area (Å²) in [5.41, 5.74) is 8.33. The second-order valence-electron chi connectivity index (χ2n) is 3.40. The number of imidazole rings is 1. The van der Waals surface area contributed by atoms with Crippen LogP contribution in [-0.4, -0.2) is 9.55 Å². The van der Waals surface area contributed by atoms with Crippen molar-refractivity contribution in [3.63, 3.8) is 0 Å². The lowest BCUT2D eigenvalue weighted by Gasteiger charge is -2.09. The van der Waals surface area contributed by atoms with Crippen LogP contribution in [0.15, 0.2) is 24.0 Å². The van der Waals surface area contributed by atoms with Gasteiger partial charge >= 0.3 is 0 Å². The first-order valence-corrected chi connectivity index (χ1v) is 5.33. The Morgan fingerprint density at radius 1 is 1.57 bits per heavy atom. The predicted octanol–water partition coefficient (Wildman–Crippen LogP) is 1.84. The van der Waals surface area contributed by atoms with Crippen molar-refractivity contribution in [1.82, 2.24) is 9.55 Å². The van der Waals surface area contributed by atoms with E-state index in [1.807, 2.05) is 17.8 Å². The van der Waals surface area contributed by atoms with Crippen molar-refractivity contribution in [2.45, 2.75) is 13.0 Å². The number of aryl methyl sites for hydroxylation is 2. The Hall–Kier alpha value is -1.13. The van der Waals surface area contributed by atoms with Crippen LogP contribution < -0.4 is 5.73 Å². The molecule has 0 saturated carbocycles. The minimum Gasteiger partial charge on any atom is -0.336 e. The fourth-order valence-electron chi connectivity index (χ4n) is 1.46. The van der Waals surface area contributed by atoms with Crippen molar-refractivity contribution in [1.29, 1.82) is 0 Å². The first kappa shape index (κ1) is 9.43. The van der Waals surface area contributed by atoms with Gasteiger partial charge in [0, 0.05) is 11.9 Å². The summed E-state index contributed by atoms with van der Waals surface area (Å²) in [5, 5.41) is 2.10. The van der Waals surface area contributed by atoms with Gasteiger partial charge in [0.2, 0.25) is 0 Å². The lowest BCUT2D eigenvalue weighted by atomic mass is 10.1. The van der Waals surface area contributed by atoms with E-state index in [9.17, 15) is 0 Å². The summed E-state index contributed by atoms with van der Waals surface area (Å²) < 4.78 is 1.96. The van der Waals surface area contributed by atoms with Gasteiger partial charge in [-0.3, -0.25) is 0 Å². The van der Waals surface area contributed by atoms with Crippen LogP contribution in [0.2, 0.25) is 0 Å². The lowest BCUT2D eigenvalue weighted by molar-refractivity contribution is 0.748. The summed E-state index contributed by atoms with van der Waals surface area (Å²) in [7, 11) is 1.96. The van der Waals surface area contributed by atoms with Crippen molar-refractivity contribution >= 4 is 11.3 Å². The quantitative estimate of drug-likeness (QED) is 0.816. The minimum absolute atomic E-state index is 0.0625. The lowest BCUT2D eigenvalue weighted by Crippen LogP contribution is -2.14. The van der Waals surface area contributed by atoms with E-state index in [0.29, 0.717) is 0 Å². The van der Waals surface area contributed by atoms with Gasteiger partial charge in [-0.2, -0.15) is 0 Å². The molecule has 2 aromatic rings. The Morgan fingerprint density at radius 3 is 2.86 bits per heavy atom. The number of nitrogens with zero attached hydrogens (tertiary/aromatic N) is 2. The molecule has 0 aromatic carbocycles. The third-order valence-electron chi connectivity index (χ3n) is 2.28. The Balaban J connectivity index is 2.33. The van der Waals surface area contributed by atoms with Gasteiger partial charge in [0.25, 0.3) is 0 Å². The number of hydrogen-bond donors (Lipinski definition) is 1. The van der Waals surface area contributed by atoms with Crippen molar-refractivity contribution in [2.24, 2.45) is 12.8 Å². The first-order valence-electron chi connectivity index (χ1n) is 4.45. The molecular formula is C10H13N3S. The molecule has 0 spiro atoms. The maximum Gasteiger partial charge on any atom is 0.0946 e. The summed E-state index contributed by atoms with van der Waals surface area (Å²) in [4.78, 5) is 5.35. The van der Waals surface area contributed by atoms with E-state index >= 15 is 0 Å². The monoisotopic (exact) mass is 207 g/mol. The molecule has 1 atom stereocenters. The molecule has 0 radical (unpaired) electrons. The number of aromatic nitrogens is 2. The van der Waals surface area contributed by atoms with E-state index in [1.54, 1.807) is 17.7 Å². The number of thiophene rings is 1. The highest BCUT2D eigenvalue weighted by Gasteiger charge is 2.12. The molecule has 2 rings (SSSR count). The summed E-state index contributed by atoms with van der Waals surface area (Å²) in [6.07, 6.45) is 3.59. The SMILES string of the molecule is Cc1cc(C(N)c2cncn2C)cs1. The Morgan fingerprint density at radius 2 is 2.36 bits per heavy atom. The third kappa shape index (κ3) is 1.58. The van der Waals surface area contributed by atoms with Gasteiger partial charge in [-0.15, -0.1) is 11.3 Å². The van der Waals surface area contributed by atoms with Gasteiger partial charge in [-0.25, -0.2) is 4.98 Å². The summed E-state index contributed by atoms with van der Waals surface area (Å²) in [6.45, 7) is 2.09. The van der Waals surface area contributed by atoms with E-state index in [2.05, 4.69) is 23.4 Å². The maximum atomic E-state index is 6.12. The highest BCUT2D eigenvalue weighted by Crippen LogP contribution is 2.23. The topological polar surface area (TPSA) is 43.8 Å². The number of hydrogen-bond acceptors (Lipinski definition) is 3. The molecule has 0 aliphatic rings. The van der Waals surface area contributed by atoms with E-state index < -0.39 is 0 Å². The van der Waals surface area contributed by atoms with Gasteiger partial charge in [0.15, 0.2) is 0 Å². The zero-order chi connectivity index (χ0) is 10.1. The molecule has 74 valence electrons. The van der Waals surface area contributed by atoms with Gasteiger partial charge < -0.3 is 10.3 Å². The summed E-state index contributed by atoms with van der Waals surface area (Å²) in [6, 6.07) is 2.06. The first-order chi connectivity index (χ1) is 6.68. The number of nitrogens with two attached hydrogens (primary N) is 1. The average Bonchev–Trinajstić information content (AvgIpc) is 2.73. The highest BCUT2D eigenvalue weighted by atomic mass is 32.1. The molecule has 0 amide bonds. The van der Waals surface area contributed by atoms with Crippen LogP contribution >= 0.6 is 11.3 Å². The van der Waals surface area contributed by atoms with E-state index in [4.69, 9.17) is 5.73 Å². The summed E-state index contributed by atoms with van der Waals surface area (Å²) in [5.74, 6) is 0. The van der Waals surface area contributed by atoms with E-state index in [1.165, 1.54) is 4.88 Å². The second-order valence-corrected chi connectivity index (χ2v) is 4.51. The molecule has 1 unspecified atom stereocenters. The normalized spacial score (nSPS) is 13.1. The zero-order valence-electron chi connectivity index (χ0n) is 8.27. The summed E-state index contributed by atoms with van der Waals surface area (Å²) >= 11 is 1.73. The van der Waals surface area contributed by atoms with Gasteiger partial charge in [0.1, 0.15) is 0 Å². The molecule has 0 aliphatic heterocycles. The highest BCUT2D eigenvalue weighted by molar-refractivity contribution is 7.10. The fourth-order valence-corrected chi connectivity index (χ4v) is 2.21. The van der Waals surface area contributed by atoms with Crippen LogP contribution in [0, 0.1) is 6.92 Å². The molecule has 2 N–H and O–H groups in total. The van der Waals surface area contributed by atoms with Crippen LogP contribution in [-0.2, 0) is 7.05 Å². The maximum absolute atomic E-state index is 6.12. The van der Waals surface area contributed by atoms with E-state index in [0.717, 1.165) is 11.3 Å². The largest absolute Gasteiger partial charge is 0.336 e. The van der Waals surface area contributed by atoms with Crippen molar-refractivity contribution in [3.05, 3.63) is 40.1 Å². The number of rotatable bonds is 2. The van der Waals surface area contributed by atoms with Crippen LogP contribution in [0.4, 0.5) is 0 Å². The Labute approximate surface area is 87.2 Å². The molecule has 0 saturated heterocycles. The molecule has 2 heterocycles. The average molecular weight is 207 g/mol. The Kier molecular flexibility index (Phi) is 2.39. The molecule has 0 aliphatic carbocycles. The molecule has 0 fully saturated rings. The molecule has 4 heteroatoms. The minimum atomic E-state index is -0.0625. The second kappa shape index (κ2) is 3.55. The van der Waals surface area contributed by atoms with Crippen molar-refractivity contribution in [2.75, 3.05) is 0 Å². The molecule has 2 aromatic heterocycles. The molecule has 14 heavy (non-hydrogen) atoms. The molecule has 0 bridgehead atoms. The van der Waals surface area contributed by atoms with Crippen molar-refractivity contribution < 1.29 is 0 Å². The van der Waals surface area contributed by atoms with Crippen LogP contribution in [0.5, 0.6) is 0 Å². The van der Waals surface area contributed by atoms with Gasteiger partial charge in [-0.1, -0.05) is 0 Å². The standard InChI is InChI=1S/C10H13N3S/c1-7-3-8(5-14-7)10(11)9-4-12-6-13(9)2/h3-6,10H,11H2,1-2H3. The zero-order valence-corrected chi connectivity index (χ0v) is 9.08.